The number of rotatable bonds is 6. The van der Waals surface area contributed by atoms with E-state index in [1.54, 1.807) is 24.3 Å². The van der Waals surface area contributed by atoms with Gasteiger partial charge in [-0.1, -0.05) is 18.2 Å². The summed E-state index contributed by atoms with van der Waals surface area (Å²) in [5.41, 5.74) is 2.62. The van der Waals surface area contributed by atoms with E-state index in [9.17, 15) is 18.0 Å². The van der Waals surface area contributed by atoms with Crippen LogP contribution in [-0.4, -0.2) is 28.9 Å². The van der Waals surface area contributed by atoms with E-state index in [4.69, 9.17) is 4.74 Å². The Morgan fingerprint density at radius 2 is 1.93 bits per heavy atom. The summed E-state index contributed by atoms with van der Waals surface area (Å²) in [7, 11) is 0. The molecule has 0 bridgehead atoms. The van der Waals surface area contributed by atoms with E-state index in [0.29, 0.717) is 12.3 Å². The van der Waals surface area contributed by atoms with Gasteiger partial charge in [0, 0.05) is 11.1 Å². The predicted molar refractivity (Wildman–Crippen MR) is 102 cm³/mol. The van der Waals surface area contributed by atoms with Gasteiger partial charge in [0.15, 0.2) is 0 Å². The third-order valence-electron chi connectivity index (χ3n) is 3.92. The molecule has 0 saturated heterocycles. The lowest BCUT2D eigenvalue weighted by molar-refractivity contribution is -0.137. The predicted octanol–water partition coefficient (Wildman–Crippen LogP) is 4.26. The van der Waals surface area contributed by atoms with Gasteiger partial charge in [0.1, 0.15) is 11.4 Å². The zero-order chi connectivity index (χ0) is 20.9. The number of hydrazone groups is 1. The number of H-pyrrole nitrogens is 1. The maximum absolute atomic E-state index is 13.0. The Morgan fingerprint density at radius 3 is 2.62 bits per heavy atom. The summed E-state index contributed by atoms with van der Waals surface area (Å²) in [5.74, 6) is 0.0913. The van der Waals surface area contributed by atoms with Crippen molar-refractivity contribution >= 4 is 12.1 Å². The Hall–Kier alpha value is -3.62. The number of nitrogens with one attached hydrogen (secondary N) is 2. The van der Waals surface area contributed by atoms with Gasteiger partial charge in [-0.3, -0.25) is 9.89 Å². The van der Waals surface area contributed by atoms with Gasteiger partial charge in [0.05, 0.1) is 24.1 Å². The van der Waals surface area contributed by atoms with Gasteiger partial charge in [-0.15, -0.1) is 0 Å². The third-order valence-corrected chi connectivity index (χ3v) is 3.92. The summed E-state index contributed by atoms with van der Waals surface area (Å²) in [6.07, 6.45) is -3.56. The average Bonchev–Trinajstić information content (AvgIpc) is 3.19. The van der Waals surface area contributed by atoms with Crippen LogP contribution < -0.4 is 10.2 Å². The van der Waals surface area contributed by atoms with Gasteiger partial charge in [0.25, 0.3) is 5.91 Å². The Balaban J connectivity index is 1.68. The minimum Gasteiger partial charge on any atom is -0.494 e. The molecule has 150 valence electrons. The highest BCUT2D eigenvalue weighted by molar-refractivity contribution is 5.94. The standard InChI is InChI=1S/C20H17F3N4O2/c1-2-29-15-9-7-13(8-10-15)17-11-18(26-25-17)19(28)27-24-12-14-5-3-4-6-16(14)20(21,22)23/h3-12H,2H2,1H3,(H,25,26)(H,27,28)/b24-12+. The van der Waals surface area contributed by atoms with Crippen LogP contribution in [0.15, 0.2) is 59.7 Å². The molecule has 9 heteroatoms. The molecule has 2 N–H and O–H groups in total. The SMILES string of the molecule is CCOc1ccc(-c2cc(C(=O)N/N=C/c3ccccc3C(F)(F)F)[nH]n2)cc1. The van der Waals surface area contributed by atoms with Gasteiger partial charge in [0.2, 0.25) is 0 Å². The molecule has 0 saturated carbocycles. The number of alkyl halides is 3. The molecule has 3 aromatic rings. The molecule has 2 aromatic carbocycles. The number of benzene rings is 2. The number of hydrogen-bond acceptors (Lipinski definition) is 4. The van der Waals surface area contributed by atoms with Crippen LogP contribution in [0.1, 0.15) is 28.5 Å². The summed E-state index contributed by atoms with van der Waals surface area (Å²) in [4.78, 5) is 12.2. The third kappa shape index (κ3) is 5.01. The molecule has 1 amide bonds. The molecule has 6 nitrogen and oxygen atoms in total. The second-order valence-electron chi connectivity index (χ2n) is 5.91. The van der Waals surface area contributed by atoms with Gasteiger partial charge >= 0.3 is 6.18 Å². The first-order chi connectivity index (χ1) is 13.9. The van der Waals surface area contributed by atoms with Crippen LogP contribution in [0.4, 0.5) is 13.2 Å². The molecule has 0 unspecified atom stereocenters. The van der Waals surface area contributed by atoms with Crippen molar-refractivity contribution in [2.45, 2.75) is 13.1 Å². The highest BCUT2D eigenvalue weighted by Gasteiger charge is 2.32. The number of aromatic nitrogens is 2. The summed E-state index contributed by atoms with van der Waals surface area (Å²) in [6, 6.07) is 13.6. The molecule has 0 radical (unpaired) electrons. The Morgan fingerprint density at radius 1 is 1.21 bits per heavy atom. The second-order valence-corrected chi connectivity index (χ2v) is 5.91. The molecule has 0 aliphatic heterocycles. The first kappa shape index (κ1) is 20.1. The lowest BCUT2D eigenvalue weighted by Crippen LogP contribution is -2.18. The molecule has 1 aromatic heterocycles. The number of nitrogens with zero attached hydrogens (tertiary/aromatic N) is 2. The highest BCUT2D eigenvalue weighted by Crippen LogP contribution is 2.31. The van der Waals surface area contributed by atoms with Crippen LogP contribution in [0.5, 0.6) is 5.75 Å². The van der Waals surface area contributed by atoms with Crippen molar-refractivity contribution in [3.05, 3.63) is 71.4 Å². The van der Waals surface area contributed by atoms with Gasteiger partial charge in [-0.25, -0.2) is 5.43 Å². The van der Waals surface area contributed by atoms with Crippen LogP contribution in [0.25, 0.3) is 11.3 Å². The fourth-order valence-electron chi connectivity index (χ4n) is 2.56. The molecular formula is C20H17F3N4O2. The molecule has 0 aliphatic carbocycles. The summed E-state index contributed by atoms with van der Waals surface area (Å²) < 4.78 is 44.3. The molecule has 0 fully saturated rings. The summed E-state index contributed by atoms with van der Waals surface area (Å²) in [5, 5.41) is 10.3. The average molecular weight is 402 g/mol. The van der Waals surface area contributed by atoms with Gasteiger partial charge < -0.3 is 4.74 Å². The van der Waals surface area contributed by atoms with E-state index in [2.05, 4.69) is 20.7 Å². The van der Waals surface area contributed by atoms with Crippen molar-refractivity contribution in [1.29, 1.82) is 0 Å². The minimum atomic E-state index is -4.51. The van der Waals surface area contributed by atoms with E-state index < -0.39 is 17.6 Å². The number of ether oxygens (including phenoxy) is 1. The maximum Gasteiger partial charge on any atom is 0.417 e. The van der Waals surface area contributed by atoms with Crippen molar-refractivity contribution in [2.75, 3.05) is 6.61 Å². The Labute approximate surface area is 164 Å². The lowest BCUT2D eigenvalue weighted by Gasteiger charge is -2.09. The summed E-state index contributed by atoms with van der Waals surface area (Å²) in [6.45, 7) is 2.44. The fraction of sp³-hybridized carbons (Fsp3) is 0.150. The van der Waals surface area contributed by atoms with E-state index >= 15 is 0 Å². The molecule has 0 aliphatic rings. The van der Waals surface area contributed by atoms with Crippen molar-refractivity contribution in [1.82, 2.24) is 15.6 Å². The zero-order valence-corrected chi connectivity index (χ0v) is 15.3. The van der Waals surface area contributed by atoms with Crippen LogP contribution in [0.3, 0.4) is 0 Å². The minimum absolute atomic E-state index is 0.121. The first-order valence-electron chi connectivity index (χ1n) is 8.66. The number of hydrogen-bond donors (Lipinski definition) is 2. The number of halogens is 3. The van der Waals surface area contributed by atoms with E-state index in [0.717, 1.165) is 23.6 Å². The molecular weight excluding hydrogens is 385 g/mol. The van der Waals surface area contributed by atoms with Crippen molar-refractivity contribution in [3.63, 3.8) is 0 Å². The van der Waals surface area contributed by atoms with Crippen molar-refractivity contribution in [2.24, 2.45) is 5.10 Å². The van der Waals surface area contributed by atoms with Crippen LogP contribution in [0.2, 0.25) is 0 Å². The van der Waals surface area contributed by atoms with E-state index in [1.807, 2.05) is 6.92 Å². The molecule has 1 heterocycles. The monoisotopic (exact) mass is 402 g/mol. The van der Waals surface area contributed by atoms with Crippen LogP contribution in [0, 0.1) is 0 Å². The number of carbonyl (C=O) groups excluding carboxylic acids is 1. The van der Waals surface area contributed by atoms with Crippen molar-refractivity contribution < 1.29 is 22.7 Å². The van der Waals surface area contributed by atoms with E-state index in [-0.39, 0.29) is 11.3 Å². The lowest BCUT2D eigenvalue weighted by atomic mass is 10.1. The van der Waals surface area contributed by atoms with Gasteiger partial charge in [-0.2, -0.15) is 23.4 Å². The number of aromatic amines is 1. The van der Waals surface area contributed by atoms with Gasteiger partial charge in [-0.05, 0) is 43.3 Å². The topological polar surface area (TPSA) is 79.4 Å². The fourth-order valence-corrected chi connectivity index (χ4v) is 2.56. The molecule has 0 atom stereocenters. The smallest absolute Gasteiger partial charge is 0.417 e. The van der Waals surface area contributed by atoms with Crippen LogP contribution in [-0.2, 0) is 6.18 Å². The van der Waals surface area contributed by atoms with Crippen LogP contribution >= 0.6 is 0 Å². The molecule has 29 heavy (non-hydrogen) atoms. The summed E-state index contributed by atoms with van der Waals surface area (Å²) >= 11 is 0. The Bertz CT molecular complexity index is 1010. The first-order valence-corrected chi connectivity index (χ1v) is 8.66. The molecule has 3 rings (SSSR count). The zero-order valence-electron chi connectivity index (χ0n) is 15.3. The largest absolute Gasteiger partial charge is 0.494 e. The number of amides is 1. The molecule has 0 spiro atoms. The quantitative estimate of drug-likeness (QED) is 0.478. The normalized spacial score (nSPS) is 11.6. The highest BCUT2D eigenvalue weighted by atomic mass is 19.4. The van der Waals surface area contributed by atoms with Crippen molar-refractivity contribution in [3.8, 4) is 17.0 Å². The van der Waals surface area contributed by atoms with E-state index in [1.165, 1.54) is 24.3 Å². The number of carbonyl (C=O) groups is 1. The Kier molecular flexibility index (Phi) is 5.96. The maximum atomic E-state index is 13.0. The second kappa shape index (κ2) is 8.59.